The molecule has 5 nitrogen and oxygen atoms in total. The van der Waals surface area contributed by atoms with E-state index >= 15 is 0 Å². The first-order chi connectivity index (χ1) is 10.7. The van der Waals surface area contributed by atoms with Crippen LogP contribution >= 0.6 is 0 Å². The summed E-state index contributed by atoms with van der Waals surface area (Å²) in [5, 5.41) is 2.81. The van der Waals surface area contributed by atoms with Crippen LogP contribution in [0, 0.1) is 0 Å². The molecule has 2 aromatic carbocycles. The molecule has 0 heterocycles. The molecule has 0 unspecified atom stereocenters. The van der Waals surface area contributed by atoms with Crippen molar-refractivity contribution < 1.29 is 14.3 Å². The van der Waals surface area contributed by atoms with Gasteiger partial charge in [0.1, 0.15) is 12.4 Å². The van der Waals surface area contributed by atoms with Gasteiger partial charge >= 0.3 is 0 Å². The smallest absolute Gasteiger partial charge is 0.259 e. The minimum Gasteiger partial charge on any atom is -0.490 e. The second kappa shape index (κ2) is 8.05. The Balaban J connectivity index is 2.05. The largest absolute Gasteiger partial charge is 0.490 e. The predicted octanol–water partition coefficient (Wildman–Crippen LogP) is 2.94. The molecule has 0 aliphatic rings. The van der Waals surface area contributed by atoms with Gasteiger partial charge < -0.3 is 20.5 Å². The fraction of sp³-hybridized carbons (Fsp3) is 0.235. The highest BCUT2D eigenvalue weighted by Gasteiger charge is 2.12. The highest BCUT2D eigenvalue weighted by Crippen LogP contribution is 2.20. The monoisotopic (exact) mass is 300 g/mol. The molecule has 116 valence electrons. The number of anilines is 2. The van der Waals surface area contributed by atoms with E-state index in [1.165, 1.54) is 0 Å². The summed E-state index contributed by atoms with van der Waals surface area (Å²) in [5.41, 5.74) is 7.42. The Morgan fingerprint density at radius 3 is 2.73 bits per heavy atom. The van der Waals surface area contributed by atoms with Crippen molar-refractivity contribution in [1.29, 1.82) is 0 Å². The third-order valence-electron chi connectivity index (χ3n) is 2.97. The van der Waals surface area contributed by atoms with E-state index in [2.05, 4.69) is 5.32 Å². The molecule has 0 aliphatic carbocycles. The van der Waals surface area contributed by atoms with Crippen molar-refractivity contribution in [3.8, 4) is 5.75 Å². The van der Waals surface area contributed by atoms with Crippen LogP contribution in [0.5, 0.6) is 5.75 Å². The van der Waals surface area contributed by atoms with E-state index in [0.29, 0.717) is 42.5 Å². The van der Waals surface area contributed by atoms with Crippen LogP contribution in [0.2, 0.25) is 0 Å². The Kier molecular flexibility index (Phi) is 5.80. The Bertz CT molecular complexity index is 629. The molecule has 0 atom stereocenters. The molecular weight excluding hydrogens is 280 g/mol. The van der Waals surface area contributed by atoms with Crippen molar-refractivity contribution in [2.45, 2.75) is 6.92 Å². The maximum Gasteiger partial charge on any atom is 0.259 e. The maximum absolute atomic E-state index is 12.4. The zero-order chi connectivity index (χ0) is 15.8. The molecule has 0 aromatic heterocycles. The van der Waals surface area contributed by atoms with E-state index in [1.807, 2.05) is 13.0 Å². The van der Waals surface area contributed by atoms with Crippen molar-refractivity contribution in [1.82, 2.24) is 0 Å². The molecule has 22 heavy (non-hydrogen) atoms. The quantitative estimate of drug-likeness (QED) is 0.609. The van der Waals surface area contributed by atoms with Crippen LogP contribution in [0.15, 0.2) is 48.5 Å². The lowest BCUT2D eigenvalue weighted by Gasteiger charge is -2.12. The molecule has 5 heteroatoms. The number of carbonyl (C=O) groups excluding carboxylic acids is 1. The van der Waals surface area contributed by atoms with Crippen LogP contribution in [0.1, 0.15) is 17.3 Å². The van der Waals surface area contributed by atoms with Gasteiger partial charge in [-0.2, -0.15) is 0 Å². The van der Waals surface area contributed by atoms with Crippen LogP contribution in [0.3, 0.4) is 0 Å². The first kappa shape index (κ1) is 15.9. The Morgan fingerprint density at radius 2 is 1.95 bits per heavy atom. The van der Waals surface area contributed by atoms with Crippen LogP contribution < -0.4 is 15.8 Å². The van der Waals surface area contributed by atoms with E-state index in [9.17, 15) is 4.79 Å². The van der Waals surface area contributed by atoms with Crippen molar-refractivity contribution in [2.75, 3.05) is 30.9 Å². The standard InChI is InChI=1S/C17H20N2O3/c1-2-21-10-11-22-16-9-4-3-8-15(16)17(20)19-14-7-5-6-13(18)12-14/h3-9,12H,2,10-11,18H2,1H3,(H,19,20). The minimum absolute atomic E-state index is 0.238. The molecule has 0 spiro atoms. The fourth-order valence-electron chi connectivity index (χ4n) is 1.95. The van der Waals surface area contributed by atoms with Crippen molar-refractivity contribution >= 4 is 17.3 Å². The van der Waals surface area contributed by atoms with Gasteiger partial charge in [0, 0.05) is 18.0 Å². The normalized spacial score (nSPS) is 10.2. The molecule has 0 aliphatic heterocycles. The van der Waals surface area contributed by atoms with Gasteiger partial charge in [-0.1, -0.05) is 18.2 Å². The van der Waals surface area contributed by atoms with Crippen LogP contribution in [0.25, 0.3) is 0 Å². The van der Waals surface area contributed by atoms with E-state index in [-0.39, 0.29) is 5.91 Å². The number of ether oxygens (including phenoxy) is 2. The van der Waals surface area contributed by atoms with Gasteiger partial charge in [-0.25, -0.2) is 0 Å². The van der Waals surface area contributed by atoms with Crippen molar-refractivity contribution in [3.63, 3.8) is 0 Å². The molecule has 0 saturated heterocycles. The summed E-state index contributed by atoms with van der Waals surface area (Å²) < 4.78 is 10.8. The van der Waals surface area contributed by atoms with Gasteiger partial charge in [-0.3, -0.25) is 4.79 Å². The van der Waals surface area contributed by atoms with Gasteiger partial charge in [0.05, 0.1) is 12.2 Å². The highest BCUT2D eigenvalue weighted by molar-refractivity contribution is 6.06. The third-order valence-corrected chi connectivity index (χ3v) is 2.97. The van der Waals surface area contributed by atoms with Gasteiger partial charge in [-0.15, -0.1) is 0 Å². The number of rotatable bonds is 7. The number of nitrogens with two attached hydrogens (primary N) is 1. The van der Waals surface area contributed by atoms with Crippen LogP contribution in [0.4, 0.5) is 11.4 Å². The fourth-order valence-corrected chi connectivity index (χ4v) is 1.95. The highest BCUT2D eigenvalue weighted by atomic mass is 16.5. The molecule has 0 fully saturated rings. The molecule has 1 amide bonds. The zero-order valence-corrected chi connectivity index (χ0v) is 12.5. The van der Waals surface area contributed by atoms with Gasteiger partial charge in [0.2, 0.25) is 0 Å². The average Bonchev–Trinajstić information content (AvgIpc) is 2.52. The summed E-state index contributed by atoms with van der Waals surface area (Å²) in [6, 6.07) is 14.1. The van der Waals surface area contributed by atoms with Crippen molar-refractivity contribution in [3.05, 3.63) is 54.1 Å². The number of para-hydroxylation sites is 1. The SMILES string of the molecule is CCOCCOc1ccccc1C(=O)Nc1cccc(N)c1. The van der Waals surface area contributed by atoms with E-state index in [1.54, 1.807) is 42.5 Å². The number of hydrogen-bond donors (Lipinski definition) is 2. The first-order valence-electron chi connectivity index (χ1n) is 7.17. The molecule has 0 saturated carbocycles. The van der Waals surface area contributed by atoms with Gasteiger partial charge in [0.25, 0.3) is 5.91 Å². The lowest BCUT2D eigenvalue weighted by atomic mass is 10.2. The van der Waals surface area contributed by atoms with Crippen LogP contribution in [-0.4, -0.2) is 25.7 Å². The zero-order valence-electron chi connectivity index (χ0n) is 12.5. The number of amides is 1. The molecule has 2 aromatic rings. The summed E-state index contributed by atoms with van der Waals surface area (Å²) >= 11 is 0. The van der Waals surface area contributed by atoms with E-state index in [0.717, 1.165) is 0 Å². The minimum atomic E-state index is -0.238. The first-order valence-corrected chi connectivity index (χ1v) is 7.17. The summed E-state index contributed by atoms with van der Waals surface area (Å²) in [4.78, 5) is 12.4. The summed E-state index contributed by atoms with van der Waals surface area (Å²) in [5.74, 6) is 0.293. The second-order valence-corrected chi connectivity index (χ2v) is 4.62. The number of nitrogens with one attached hydrogen (secondary N) is 1. The topological polar surface area (TPSA) is 73.6 Å². The van der Waals surface area contributed by atoms with Gasteiger partial charge in [0.15, 0.2) is 0 Å². The molecule has 3 N–H and O–H groups in total. The molecular formula is C17H20N2O3. The molecule has 2 rings (SSSR count). The number of carbonyl (C=O) groups is 1. The van der Waals surface area contributed by atoms with Crippen molar-refractivity contribution in [2.24, 2.45) is 0 Å². The summed E-state index contributed by atoms with van der Waals surface area (Å²) in [6.07, 6.45) is 0. The predicted molar refractivity (Wildman–Crippen MR) is 87.2 cm³/mol. The lowest BCUT2D eigenvalue weighted by molar-refractivity contribution is 0.0998. The molecule has 0 radical (unpaired) electrons. The van der Waals surface area contributed by atoms with E-state index < -0.39 is 0 Å². The van der Waals surface area contributed by atoms with Gasteiger partial charge in [-0.05, 0) is 37.3 Å². The number of hydrogen-bond acceptors (Lipinski definition) is 4. The summed E-state index contributed by atoms with van der Waals surface area (Å²) in [6.45, 7) is 3.45. The Labute approximate surface area is 130 Å². The average molecular weight is 300 g/mol. The Morgan fingerprint density at radius 1 is 1.14 bits per heavy atom. The number of nitrogen functional groups attached to an aromatic ring is 1. The Hall–Kier alpha value is -2.53. The summed E-state index contributed by atoms with van der Waals surface area (Å²) in [7, 11) is 0. The lowest BCUT2D eigenvalue weighted by Crippen LogP contribution is -2.15. The number of benzene rings is 2. The van der Waals surface area contributed by atoms with Crippen LogP contribution in [-0.2, 0) is 4.74 Å². The third kappa shape index (κ3) is 4.49. The second-order valence-electron chi connectivity index (χ2n) is 4.62. The van der Waals surface area contributed by atoms with E-state index in [4.69, 9.17) is 15.2 Å². The maximum atomic E-state index is 12.4. The molecule has 0 bridgehead atoms.